The lowest BCUT2D eigenvalue weighted by Crippen LogP contribution is -2.12. The Bertz CT molecular complexity index is 1320. The molecule has 0 fully saturated rings. The summed E-state index contributed by atoms with van der Waals surface area (Å²) in [6, 6.07) is 9.59. The number of amides is 1. The van der Waals surface area contributed by atoms with Crippen LogP contribution in [-0.2, 0) is 26.1 Å². The third-order valence-corrected chi connectivity index (χ3v) is 6.35. The van der Waals surface area contributed by atoms with E-state index in [2.05, 4.69) is 27.6 Å². The number of nitrogens with one attached hydrogen (secondary N) is 1. The molecule has 1 amide bonds. The van der Waals surface area contributed by atoms with Crippen molar-refractivity contribution in [2.24, 2.45) is 0 Å². The van der Waals surface area contributed by atoms with Crippen LogP contribution in [0, 0.1) is 13.8 Å². The number of halogens is 1. The Morgan fingerprint density at radius 1 is 1.21 bits per heavy atom. The molecular formula is C24H24ClN5O3. The van der Waals surface area contributed by atoms with Gasteiger partial charge in [0, 0.05) is 0 Å². The van der Waals surface area contributed by atoms with E-state index in [1.807, 2.05) is 19.9 Å². The van der Waals surface area contributed by atoms with Gasteiger partial charge in [0.1, 0.15) is 24.8 Å². The summed E-state index contributed by atoms with van der Waals surface area (Å²) < 4.78 is 15.0. The number of aromatic nitrogens is 4. The average Bonchev–Trinajstić information content (AvgIpc) is 3.59. The van der Waals surface area contributed by atoms with Crippen LogP contribution < -0.4 is 10.1 Å². The molecule has 0 saturated heterocycles. The van der Waals surface area contributed by atoms with Crippen LogP contribution in [0.4, 0.5) is 5.69 Å². The number of hydrogen-bond donors (Lipinski definition) is 1. The Morgan fingerprint density at radius 2 is 2.06 bits per heavy atom. The van der Waals surface area contributed by atoms with E-state index < -0.39 is 0 Å². The number of carbonyl (C=O) groups excluding carboxylic acids is 1. The van der Waals surface area contributed by atoms with Gasteiger partial charge in [-0.25, -0.2) is 9.36 Å². The molecule has 5 rings (SSSR count). The van der Waals surface area contributed by atoms with Gasteiger partial charge in [0.05, 0.1) is 34.5 Å². The van der Waals surface area contributed by atoms with Crippen molar-refractivity contribution >= 4 is 23.2 Å². The molecule has 8 nitrogen and oxygen atoms in total. The molecule has 1 aromatic carbocycles. The van der Waals surface area contributed by atoms with E-state index in [-0.39, 0.29) is 18.3 Å². The fraction of sp³-hybridized carbons (Fsp3) is 0.292. The summed E-state index contributed by atoms with van der Waals surface area (Å²) in [7, 11) is 0. The molecule has 1 aliphatic carbocycles. The van der Waals surface area contributed by atoms with Crippen LogP contribution in [0.3, 0.4) is 0 Å². The molecule has 3 heterocycles. The summed E-state index contributed by atoms with van der Waals surface area (Å²) in [5.41, 5.74) is 4.94. The van der Waals surface area contributed by atoms with Gasteiger partial charge in [0.15, 0.2) is 5.76 Å². The monoisotopic (exact) mass is 465 g/mol. The number of ether oxygens (including phenoxy) is 1. The van der Waals surface area contributed by atoms with E-state index in [9.17, 15) is 4.79 Å². The van der Waals surface area contributed by atoms with Crippen molar-refractivity contribution in [1.29, 1.82) is 0 Å². The van der Waals surface area contributed by atoms with Gasteiger partial charge in [-0.1, -0.05) is 17.7 Å². The molecule has 1 N–H and O–H groups in total. The van der Waals surface area contributed by atoms with E-state index in [1.165, 1.54) is 17.5 Å². The Balaban J connectivity index is 1.17. The Hall–Kier alpha value is -3.52. The zero-order valence-electron chi connectivity index (χ0n) is 18.5. The molecule has 9 heteroatoms. The van der Waals surface area contributed by atoms with E-state index in [1.54, 1.807) is 33.9 Å². The second-order valence-electron chi connectivity index (χ2n) is 8.19. The molecular weight excluding hydrogens is 442 g/mol. The van der Waals surface area contributed by atoms with Crippen molar-refractivity contribution in [2.45, 2.75) is 46.4 Å². The van der Waals surface area contributed by atoms with E-state index in [4.69, 9.17) is 20.8 Å². The van der Waals surface area contributed by atoms with Crippen molar-refractivity contribution in [3.8, 4) is 5.75 Å². The van der Waals surface area contributed by atoms with Crippen molar-refractivity contribution < 1.29 is 13.9 Å². The quantitative estimate of drug-likeness (QED) is 0.425. The first-order chi connectivity index (χ1) is 16.0. The highest BCUT2D eigenvalue weighted by molar-refractivity contribution is 6.31. The lowest BCUT2D eigenvalue weighted by molar-refractivity contribution is 0.0992. The van der Waals surface area contributed by atoms with Gasteiger partial charge >= 0.3 is 0 Å². The summed E-state index contributed by atoms with van der Waals surface area (Å²) in [5.74, 6) is 1.25. The van der Waals surface area contributed by atoms with Gasteiger partial charge in [0.25, 0.3) is 5.91 Å². The summed E-state index contributed by atoms with van der Waals surface area (Å²) >= 11 is 6.20. The molecule has 0 bridgehead atoms. The Labute approximate surface area is 196 Å². The number of benzene rings is 1. The van der Waals surface area contributed by atoms with Gasteiger partial charge in [-0.15, -0.1) is 0 Å². The average molecular weight is 466 g/mol. The fourth-order valence-electron chi connectivity index (χ4n) is 4.02. The standard InChI is InChI=1S/C24H24ClN5O3/c1-15-23(25)16(2)30(28-15)14-29-12-19(11-26-29)27-24(31)22-9-8-21(33-22)13-32-20-7-6-17-4-3-5-18(17)10-20/h6-12H,3-5,13-14H2,1-2H3,(H,27,31). The number of fused-ring (bicyclic) bond motifs is 1. The summed E-state index contributed by atoms with van der Waals surface area (Å²) in [6.07, 6.45) is 6.74. The lowest BCUT2D eigenvalue weighted by Gasteiger charge is -2.06. The third-order valence-electron chi connectivity index (χ3n) is 5.80. The molecule has 4 aromatic rings. The minimum Gasteiger partial charge on any atom is -0.486 e. The Morgan fingerprint density at radius 3 is 2.88 bits per heavy atom. The predicted molar refractivity (Wildman–Crippen MR) is 124 cm³/mol. The number of rotatable bonds is 7. The van der Waals surface area contributed by atoms with Crippen LogP contribution in [0.25, 0.3) is 0 Å². The first kappa shape index (κ1) is 21.3. The van der Waals surface area contributed by atoms with Crippen LogP contribution in [0.15, 0.2) is 47.1 Å². The molecule has 0 aliphatic heterocycles. The maximum Gasteiger partial charge on any atom is 0.291 e. The van der Waals surface area contributed by atoms with Crippen LogP contribution in [0.5, 0.6) is 5.75 Å². The van der Waals surface area contributed by atoms with Gasteiger partial charge in [-0.05, 0) is 68.5 Å². The maximum absolute atomic E-state index is 12.6. The second kappa shape index (κ2) is 8.78. The van der Waals surface area contributed by atoms with Crippen molar-refractivity contribution in [1.82, 2.24) is 19.6 Å². The van der Waals surface area contributed by atoms with Crippen molar-refractivity contribution in [3.63, 3.8) is 0 Å². The minimum absolute atomic E-state index is 0.209. The zero-order chi connectivity index (χ0) is 22.9. The number of nitrogens with zero attached hydrogens (tertiary/aromatic N) is 4. The highest BCUT2D eigenvalue weighted by atomic mass is 35.5. The van der Waals surface area contributed by atoms with E-state index >= 15 is 0 Å². The van der Waals surface area contributed by atoms with Gasteiger partial charge in [-0.3, -0.25) is 4.79 Å². The largest absolute Gasteiger partial charge is 0.486 e. The van der Waals surface area contributed by atoms with Crippen LogP contribution >= 0.6 is 11.6 Å². The molecule has 0 radical (unpaired) electrons. The van der Waals surface area contributed by atoms with E-state index in [0.29, 0.717) is 23.1 Å². The van der Waals surface area contributed by atoms with Crippen molar-refractivity contribution in [2.75, 3.05) is 5.32 Å². The number of carbonyl (C=O) groups is 1. The van der Waals surface area contributed by atoms with Gasteiger partial charge in [-0.2, -0.15) is 10.2 Å². The fourth-order valence-corrected chi connectivity index (χ4v) is 4.15. The van der Waals surface area contributed by atoms with Crippen LogP contribution in [0.1, 0.15) is 45.3 Å². The summed E-state index contributed by atoms with van der Waals surface area (Å²) in [4.78, 5) is 12.6. The highest BCUT2D eigenvalue weighted by Crippen LogP contribution is 2.26. The summed E-state index contributed by atoms with van der Waals surface area (Å²) in [6.45, 7) is 4.40. The normalized spacial score (nSPS) is 12.7. The van der Waals surface area contributed by atoms with Crippen molar-refractivity contribution in [3.05, 3.63) is 81.8 Å². The number of hydrogen-bond acceptors (Lipinski definition) is 5. The predicted octanol–water partition coefficient (Wildman–Crippen LogP) is 4.77. The van der Waals surface area contributed by atoms with Gasteiger partial charge in [0.2, 0.25) is 0 Å². The molecule has 0 atom stereocenters. The summed E-state index contributed by atoms with van der Waals surface area (Å²) in [5, 5.41) is 12.1. The highest BCUT2D eigenvalue weighted by Gasteiger charge is 2.15. The first-order valence-corrected chi connectivity index (χ1v) is 11.2. The SMILES string of the molecule is Cc1nn(Cn2cc(NC(=O)c3ccc(COc4ccc5c(c4)CCC5)o3)cn2)c(C)c1Cl. The number of aryl methyl sites for hydroxylation is 3. The molecule has 0 saturated carbocycles. The lowest BCUT2D eigenvalue weighted by atomic mass is 10.1. The molecule has 33 heavy (non-hydrogen) atoms. The van der Waals surface area contributed by atoms with Crippen LogP contribution in [-0.4, -0.2) is 25.5 Å². The van der Waals surface area contributed by atoms with Crippen LogP contribution in [0.2, 0.25) is 5.02 Å². The zero-order valence-corrected chi connectivity index (χ0v) is 19.2. The molecule has 3 aromatic heterocycles. The number of furan rings is 1. The molecule has 1 aliphatic rings. The molecule has 0 unspecified atom stereocenters. The first-order valence-electron chi connectivity index (χ1n) is 10.8. The molecule has 170 valence electrons. The molecule has 0 spiro atoms. The maximum atomic E-state index is 12.6. The second-order valence-corrected chi connectivity index (χ2v) is 8.57. The van der Waals surface area contributed by atoms with E-state index in [0.717, 1.165) is 30.0 Å². The minimum atomic E-state index is -0.354. The number of anilines is 1. The third kappa shape index (κ3) is 4.52. The Kier molecular flexibility index (Phi) is 5.68. The smallest absolute Gasteiger partial charge is 0.291 e. The topological polar surface area (TPSA) is 87.1 Å². The van der Waals surface area contributed by atoms with Gasteiger partial charge < -0.3 is 14.5 Å².